The summed E-state index contributed by atoms with van der Waals surface area (Å²) in [7, 11) is 0. The zero-order valence-electron chi connectivity index (χ0n) is 17.6. The van der Waals surface area contributed by atoms with Gasteiger partial charge >= 0.3 is 48.9 Å². The summed E-state index contributed by atoms with van der Waals surface area (Å²) in [5.74, 6) is 0. The van der Waals surface area contributed by atoms with E-state index in [-0.39, 0.29) is 48.9 Å². The molecule has 0 unspecified atom stereocenters. The standard InChI is InChI=1S/C24H50.Ba.2H/c1-3-5-7-9-11-13-15-17-19-21-23-24-22-20-18-16-14-12-10-8-6-4-2;;;/h3-24H2,1-2H3;;;. The summed E-state index contributed by atoms with van der Waals surface area (Å²) in [4.78, 5) is 0. The van der Waals surface area contributed by atoms with Gasteiger partial charge in [-0.25, -0.2) is 0 Å². The maximum absolute atomic E-state index is 2.30. The first kappa shape index (κ1) is 28.8. The molecule has 150 valence electrons. The monoisotopic (exact) mass is 478 g/mol. The first-order valence-electron chi connectivity index (χ1n) is 11.9. The average molecular weight is 478 g/mol. The molecule has 0 atom stereocenters. The number of rotatable bonds is 21. The molecule has 0 saturated carbocycles. The van der Waals surface area contributed by atoms with Crippen LogP contribution < -0.4 is 0 Å². The van der Waals surface area contributed by atoms with Crippen LogP contribution in [0.2, 0.25) is 0 Å². The van der Waals surface area contributed by atoms with E-state index in [4.69, 9.17) is 0 Å². The molecule has 0 aromatic rings. The second kappa shape index (κ2) is 27.8. The third-order valence-electron chi connectivity index (χ3n) is 5.46. The molecule has 0 rings (SSSR count). The molecule has 0 aromatic carbocycles. The summed E-state index contributed by atoms with van der Waals surface area (Å²) < 4.78 is 0. The van der Waals surface area contributed by atoms with Gasteiger partial charge in [0.15, 0.2) is 0 Å². The van der Waals surface area contributed by atoms with Gasteiger partial charge in [0.25, 0.3) is 0 Å². The van der Waals surface area contributed by atoms with Crippen LogP contribution in [0.3, 0.4) is 0 Å². The van der Waals surface area contributed by atoms with Crippen LogP contribution in [0.25, 0.3) is 0 Å². The molecule has 0 aliphatic carbocycles. The van der Waals surface area contributed by atoms with Gasteiger partial charge in [0.05, 0.1) is 0 Å². The molecule has 0 aliphatic rings. The molecule has 0 bridgehead atoms. The maximum atomic E-state index is 2.30. The zero-order chi connectivity index (χ0) is 17.6. The van der Waals surface area contributed by atoms with Crippen LogP contribution in [0.5, 0.6) is 0 Å². The van der Waals surface area contributed by atoms with Crippen molar-refractivity contribution in [3.63, 3.8) is 0 Å². The Balaban J connectivity index is 0. The predicted molar refractivity (Wildman–Crippen MR) is 121 cm³/mol. The van der Waals surface area contributed by atoms with Crippen molar-refractivity contribution in [3.05, 3.63) is 0 Å². The van der Waals surface area contributed by atoms with Gasteiger partial charge in [-0.2, -0.15) is 0 Å². The van der Waals surface area contributed by atoms with Crippen molar-refractivity contribution in [2.45, 2.75) is 155 Å². The molecule has 0 spiro atoms. The molecule has 0 fully saturated rings. The van der Waals surface area contributed by atoms with Gasteiger partial charge in [-0.05, 0) is 0 Å². The van der Waals surface area contributed by atoms with Crippen LogP contribution in [-0.4, -0.2) is 48.9 Å². The van der Waals surface area contributed by atoms with Crippen molar-refractivity contribution in [2.24, 2.45) is 0 Å². The van der Waals surface area contributed by atoms with Gasteiger partial charge in [0, 0.05) is 0 Å². The summed E-state index contributed by atoms with van der Waals surface area (Å²) in [6, 6.07) is 0. The van der Waals surface area contributed by atoms with E-state index in [0.29, 0.717) is 0 Å². The molecule has 0 heterocycles. The predicted octanol–water partition coefficient (Wildman–Crippen LogP) is 8.69. The third-order valence-corrected chi connectivity index (χ3v) is 5.46. The fraction of sp³-hybridized carbons (Fsp3) is 1.00. The van der Waals surface area contributed by atoms with Gasteiger partial charge in [-0.15, -0.1) is 0 Å². The van der Waals surface area contributed by atoms with E-state index in [1.807, 2.05) is 0 Å². The Hall–Kier alpha value is 1.57. The van der Waals surface area contributed by atoms with E-state index in [1.54, 1.807) is 0 Å². The second-order valence-corrected chi connectivity index (χ2v) is 8.07. The Labute approximate surface area is 202 Å². The van der Waals surface area contributed by atoms with Crippen molar-refractivity contribution in [2.75, 3.05) is 0 Å². The van der Waals surface area contributed by atoms with E-state index in [9.17, 15) is 0 Å². The van der Waals surface area contributed by atoms with Crippen molar-refractivity contribution in [1.29, 1.82) is 0 Å². The van der Waals surface area contributed by atoms with Crippen molar-refractivity contribution < 1.29 is 0 Å². The number of unbranched alkanes of at least 4 members (excludes halogenated alkanes) is 21. The molecular weight excluding hydrogens is 426 g/mol. The van der Waals surface area contributed by atoms with Crippen LogP contribution in [-0.2, 0) is 0 Å². The molecular formula is C24H52Ba. The minimum absolute atomic E-state index is 0. The second-order valence-electron chi connectivity index (χ2n) is 8.07. The molecule has 0 saturated heterocycles. The van der Waals surface area contributed by atoms with E-state index in [0.717, 1.165) is 0 Å². The van der Waals surface area contributed by atoms with Crippen LogP contribution in [0.4, 0.5) is 0 Å². The Kier molecular flexibility index (Phi) is 32.0. The first-order valence-corrected chi connectivity index (χ1v) is 11.9. The Morgan fingerprint density at radius 2 is 0.360 bits per heavy atom. The van der Waals surface area contributed by atoms with Crippen LogP contribution in [0.1, 0.15) is 155 Å². The van der Waals surface area contributed by atoms with E-state index < -0.39 is 0 Å². The van der Waals surface area contributed by atoms with Gasteiger partial charge in [-0.3, -0.25) is 0 Å². The topological polar surface area (TPSA) is 0 Å². The van der Waals surface area contributed by atoms with Gasteiger partial charge in [0.1, 0.15) is 0 Å². The molecule has 0 amide bonds. The van der Waals surface area contributed by atoms with Crippen LogP contribution in [0, 0.1) is 0 Å². The Morgan fingerprint density at radius 1 is 0.240 bits per heavy atom. The SMILES string of the molecule is CCCCCCCCCCCCCCCCCCCCCCCC.[BaH2]. The Morgan fingerprint density at radius 3 is 0.480 bits per heavy atom. The van der Waals surface area contributed by atoms with Crippen molar-refractivity contribution in [1.82, 2.24) is 0 Å². The van der Waals surface area contributed by atoms with Gasteiger partial charge < -0.3 is 0 Å². The summed E-state index contributed by atoms with van der Waals surface area (Å²) in [6.07, 6.45) is 32.4. The summed E-state index contributed by atoms with van der Waals surface area (Å²) in [5.41, 5.74) is 0. The third kappa shape index (κ3) is 27.9. The molecule has 1 heteroatoms. The van der Waals surface area contributed by atoms with E-state index >= 15 is 0 Å². The minimum atomic E-state index is 0. The van der Waals surface area contributed by atoms with E-state index in [1.165, 1.54) is 141 Å². The molecule has 25 heavy (non-hydrogen) atoms. The first-order chi connectivity index (χ1) is 11.9. The molecule has 0 aromatic heterocycles. The average Bonchev–Trinajstić information content (AvgIpc) is 2.60. The normalized spacial score (nSPS) is 10.8. The number of hydrogen-bond donors (Lipinski definition) is 0. The van der Waals surface area contributed by atoms with E-state index in [2.05, 4.69) is 13.8 Å². The Bertz CT molecular complexity index is 180. The summed E-state index contributed by atoms with van der Waals surface area (Å²) in [6.45, 7) is 4.60. The number of hydrogen-bond acceptors (Lipinski definition) is 0. The van der Waals surface area contributed by atoms with Crippen molar-refractivity contribution in [3.8, 4) is 0 Å². The van der Waals surface area contributed by atoms with Gasteiger partial charge in [0.2, 0.25) is 0 Å². The van der Waals surface area contributed by atoms with Crippen molar-refractivity contribution >= 4 is 48.9 Å². The molecule has 0 radical (unpaired) electrons. The van der Waals surface area contributed by atoms with Gasteiger partial charge in [-0.1, -0.05) is 155 Å². The summed E-state index contributed by atoms with van der Waals surface area (Å²) >= 11 is 0. The zero-order valence-corrected chi connectivity index (χ0v) is 17.6. The molecule has 0 aliphatic heterocycles. The fourth-order valence-corrected chi connectivity index (χ4v) is 3.68. The van der Waals surface area contributed by atoms with Crippen LogP contribution >= 0.6 is 0 Å². The quantitative estimate of drug-likeness (QED) is 0.114. The fourth-order valence-electron chi connectivity index (χ4n) is 3.68. The van der Waals surface area contributed by atoms with Crippen LogP contribution in [0.15, 0.2) is 0 Å². The molecule has 0 N–H and O–H groups in total. The molecule has 0 nitrogen and oxygen atoms in total. The summed E-state index contributed by atoms with van der Waals surface area (Å²) in [5, 5.41) is 0.